The molecule has 0 bridgehead atoms. The van der Waals surface area contributed by atoms with Crippen LogP contribution in [-0.4, -0.2) is 22.2 Å². The minimum Gasteiger partial charge on any atom is -0.481 e. The average Bonchev–Trinajstić information content (AvgIpc) is 2.53. The zero-order chi connectivity index (χ0) is 18.5. The number of hydrogen-bond donors (Lipinski definition) is 2. The predicted molar refractivity (Wildman–Crippen MR) is 100 cm³/mol. The normalized spacial score (nSPS) is 10.4. The third kappa shape index (κ3) is 28.8. The quantitative estimate of drug-likeness (QED) is 0.274. The highest BCUT2D eigenvalue weighted by atomic mass is 16.4. The Morgan fingerprint density at radius 3 is 1.62 bits per heavy atom. The number of unbranched alkanes of at least 4 members (excludes halogenated alkanes) is 11. The Morgan fingerprint density at radius 1 is 0.708 bits per heavy atom. The lowest BCUT2D eigenvalue weighted by atomic mass is 10.1. The summed E-state index contributed by atoms with van der Waals surface area (Å²) < 4.78 is 0. The molecule has 0 aromatic carbocycles. The largest absolute Gasteiger partial charge is 0.481 e. The lowest BCUT2D eigenvalue weighted by molar-refractivity contribution is -0.137. The second-order valence-electron chi connectivity index (χ2n) is 6.21. The average molecular weight is 343 g/mol. The van der Waals surface area contributed by atoms with E-state index in [1.165, 1.54) is 63.9 Å². The van der Waals surface area contributed by atoms with Crippen LogP contribution in [0.15, 0.2) is 12.2 Å². The zero-order valence-electron chi connectivity index (χ0n) is 15.8. The molecule has 0 rings (SSSR count). The molecule has 0 saturated carbocycles. The van der Waals surface area contributed by atoms with E-state index in [0.717, 1.165) is 25.7 Å². The van der Waals surface area contributed by atoms with Crippen molar-refractivity contribution in [2.24, 2.45) is 0 Å². The number of carboxylic acids is 2. The number of rotatable bonds is 15. The zero-order valence-corrected chi connectivity index (χ0v) is 15.8. The topological polar surface area (TPSA) is 74.6 Å². The molecule has 24 heavy (non-hydrogen) atoms. The lowest BCUT2D eigenvalue weighted by Crippen LogP contribution is -1.93. The fraction of sp³-hybridized carbons (Fsp3) is 0.800. The maximum absolute atomic E-state index is 10.1. The molecular weight excluding hydrogens is 304 g/mol. The minimum absolute atomic E-state index is 0.341. The van der Waals surface area contributed by atoms with Crippen molar-refractivity contribution in [2.75, 3.05) is 0 Å². The first kappa shape index (κ1) is 24.9. The van der Waals surface area contributed by atoms with E-state index in [0.29, 0.717) is 6.42 Å². The molecule has 0 aliphatic carbocycles. The van der Waals surface area contributed by atoms with Crippen molar-refractivity contribution in [3.63, 3.8) is 0 Å². The second-order valence-corrected chi connectivity index (χ2v) is 6.21. The standard InChI is InChI=1S/C10H20O2.C10H18O2/c2*1-2-3-4-5-6-7-8-9-10(11)12/h2-9H2,1H3,(H,11,12);8-9H,2-7H2,1H3,(H,11,12). The van der Waals surface area contributed by atoms with Crippen molar-refractivity contribution >= 4 is 11.9 Å². The Bertz CT molecular complexity index is 311. The lowest BCUT2D eigenvalue weighted by Gasteiger charge is -1.98. The Morgan fingerprint density at radius 2 is 1.17 bits per heavy atom. The summed E-state index contributed by atoms with van der Waals surface area (Å²) in [5, 5.41) is 16.6. The third-order valence-electron chi connectivity index (χ3n) is 3.73. The molecule has 0 aliphatic rings. The van der Waals surface area contributed by atoms with E-state index < -0.39 is 11.9 Å². The summed E-state index contributed by atoms with van der Waals surface area (Å²) in [6.07, 6.45) is 18.7. The van der Waals surface area contributed by atoms with Crippen molar-refractivity contribution in [2.45, 2.75) is 104 Å². The minimum atomic E-state index is -0.844. The molecule has 0 atom stereocenters. The van der Waals surface area contributed by atoms with Crippen LogP contribution in [-0.2, 0) is 9.59 Å². The van der Waals surface area contributed by atoms with Gasteiger partial charge in [0.15, 0.2) is 0 Å². The van der Waals surface area contributed by atoms with Crippen LogP contribution < -0.4 is 0 Å². The number of carbonyl (C=O) groups is 2. The second kappa shape index (κ2) is 21.7. The van der Waals surface area contributed by atoms with Crippen LogP contribution in [0.25, 0.3) is 0 Å². The molecule has 0 fully saturated rings. The third-order valence-corrected chi connectivity index (χ3v) is 3.73. The molecule has 0 unspecified atom stereocenters. The maximum Gasteiger partial charge on any atom is 0.327 e. The Hall–Kier alpha value is -1.32. The van der Waals surface area contributed by atoms with Crippen LogP contribution in [0.3, 0.4) is 0 Å². The molecule has 0 aliphatic heterocycles. The van der Waals surface area contributed by atoms with Crippen LogP contribution in [0.1, 0.15) is 104 Å². The van der Waals surface area contributed by atoms with Gasteiger partial charge in [0.05, 0.1) is 0 Å². The molecule has 0 heterocycles. The van der Waals surface area contributed by atoms with E-state index in [2.05, 4.69) is 13.8 Å². The first-order valence-corrected chi connectivity index (χ1v) is 9.65. The van der Waals surface area contributed by atoms with Gasteiger partial charge in [-0.05, 0) is 19.3 Å². The molecule has 4 heteroatoms. The number of allylic oxidation sites excluding steroid dienone is 1. The first-order chi connectivity index (χ1) is 11.5. The Balaban J connectivity index is 0. The van der Waals surface area contributed by atoms with Gasteiger partial charge in [0.1, 0.15) is 0 Å². The van der Waals surface area contributed by atoms with E-state index in [1.807, 2.05) is 0 Å². The van der Waals surface area contributed by atoms with Gasteiger partial charge in [0.25, 0.3) is 0 Å². The number of carboxylic acid groups (broad SMARTS) is 2. The van der Waals surface area contributed by atoms with Gasteiger partial charge in [-0.1, -0.05) is 84.1 Å². The van der Waals surface area contributed by atoms with Gasteiger partial charge < -0.3 is 10.2 Å². The molecule has 0 spiro atoms. The summed E-state index contributed by atoms with van der Waals surface area (Å²) in [5.74, 6) is -1.51. The summed E-state index contributed by atoms with van der Waals surface area (Å²) in [7, 11) is 0. The predicted octanol–water partition coefficient (Wildman–Crippen LogP) is 6.20. The molecule has 0 radical (unpaired) electrons. The van der Waals surface area contributed by atoms with Gasteiger partial charge in [-0.2, -0.15) is 0 Å². The SMILES string of the molecule is CCCCCCCC=CC(=O)O.CCCCCCCCCC(=O)O. The van der Waals surface area contributed by atoms with Gasteiger partial charge in [-0.25, -0.2) is 4.79 Å². The summed E-state index contributed by atoms with van der Waals surface area (Å²) in [6.45, 7) is 4.38. The summed E-state index contributed by atoms with van der Waals surface area (Å²) in [6, 6.07) is 0. The van der Waals surface area contributed by atoms with Gasteiger partial charge >= 0.3 is 11.9 Å². The van der Waals surface area contributed by atoms with Crippen LogP contribution in [0.4, 0.5) is 0 Å². The van der Waals surface area contributed by atoms with Gasteiger partial charge in [0.2, 0.25) is 0 Å². The molecular formula is C20H38O4. The van der Waals surface area contributed by atoms with Crippen LogP contribution >= 0.6 is 0 Å². The molecule has 4 nitrogen and oxygen atoms in total. The van der Waals surface area contributed by atoms with E-state index in [1.54, 1.807) is 6.08 Å². The molecule has 0 amide bonds. The van der Waals surface area contributed by atoms with Crippen LogP contribution in [0.5, 0.6) is 0 Å². The fourth-order valence-electron chi connectivity index (χ4n) is 2.28. The highest BCUT2D eigenvalue weighted by Gasteiger charge is 1.95. The van der Waals surface area contributed by atoms with Crippen molar-refractivity contribution in [1.82, 2.24) is 0 Å². The van der Waals surface area contributed by atoms with Crippen molar-refractivity contribution in [3.8, 4) is 0 Å². The highest BCUT2D eigenvalue weighted by Crippen LogP contribution is 2.08. The van der Waals surface area contributed by atoms with E-state index in [9.17, 15) is 9.59 Å². The first-order valence-electron chi connectivity index (χ1n) is 9.65. The van der Waals surface area contributed by atoms with Crippen molar-refractivity contribution in [1.29, 1.82) is 0 Å². The summed E-state index contributed by atoms with van der Waals surface area (Å²) in [5.41, 5.74) is 0. The van der Waals surface area contributed by atoms with E-state index in [-0.39, 0.29) is 0 Å². The maximum atomic E-state index is 10.1. The molecule has 0 aromatic heterocycles. The smallest absolute Gasteiger partial charge is 0.327 e. The van der Waals surface area contributed by atoms with Gasteiger partial charge in [-0.3, -0.25) is 4.79 Å². The Labute approximate surface area is 148 Å². The van der Waals surface area contributed by atoms with E-state index in [4.69, 9.17) is 10.2 Å². The van der Waals surface area contributed by atoms with Crippen molar-refractivity contribution < 1.29 is 19.8 Å². The molecule has 142 valence electrons. The van der Waals surface area contributed by atoms with Gasteiger partial charge in [0, 0.05) is 12.5 Å². The van der Waals surface area contributed by atoms with Crippen molar-refractivity contribution in [3.05, 3.63) is 12.2 Å². The number of aliphatic carboxylic acids is 2. The molecule has 0 saturated heterocycles. The van der Waals surface area contributed by atoms with Crippen LogP contribution in [0.2, 0.25) is 0 Å². The monoisotopic (exact) mass is 342 g/mol. The van der Waals surface area contributed by atoms with E-state index >= 15 is 0 Å². The summed E-state index contributed by atoms with van der Waals surface area (Å²) >= 11 is 0. The molecule has 2 N–H and O–H groups in total. The van der Waals surface area contributed by atoms with Crippen LogP contribution in [0, 0.1) is 0 Å². The fourth-order valence-corrected chi connectivity index (χ4v) is 2.28. The Kier molecular flexibility index (Phi) is 22.5. The summed E-state index contributed by atoms with van der Waals surface area (Å²) in [4.78, 5) is 20.2. The molecule has 0 aromatic rings. The van der Waals surface area contributed by atoms with Gasteiger partial charge in [-0.15, -0.1) is 0 Å². The highest BCUT2D eigenvalue weighted by molar-refractivity contribution is 5.79. The number of hydrogen-bond acceptors (Lipinski definition) is 2.